The van der Waals surface area contributed by atoms with E-state index in [0.29, 0.717) is 27.6 Å². The first-order chi connectivity index (χ1) is 20.0. The molecule has 2 aromatic carbocycles. The van der Waals surface area contributed by atoms with Gasteiger partial charge in [0.1, 0.15) is 23.4 Å². The summed E-state index contributed by atoms with van der Waals surface area (Å²) in [5, 5.41) is 0.630. The molecular weight excluding hydrogens is 644 g/mol. The molecule has 5 aromatic rings. The average molecular weight is 667 g/mol. The van der Waals surface area contributed by atoms with Crippen molar-refractivity contribution in [3.8, 4) is 11.3 Å². The van der Waals surface area contributed by atoms with Gasteiger partial charge in [-0.1, -0.05) is 31.2 Å². The highest BCUT2D eigenvalue weighted by Crippen LogP contribution is 2.44. The van der Waals surface area contributed by atoms with Crippen molar-refractivity contribution >= 4 is 48.5 Å². The Kier molecular flexibility index (Phi) is 7.00. The number of hydrogen-bond acceptors (Lipinski definition) is 6. The number of fused-ring (bicyclic) bond motifs is 1. The average Bonchev–Trinajstić information content (AvgIpc) is 3.35. The third kappa shape index (κ3) is 4.91. The zero-order valence-corrected chi connectivity index (χ0v) is 24.4. The van der Waals surface area contributed by atoms with Crippen LogP contribution >= 0.6 is 15.9 Å². The fourth-order valence-corrected chi connectivity index (χ4v) is 6.28. The van der Waals surface area contributed by atoms with E-state index in [2.05, 4.69) is 20.9 Å². The van der Waals surface area contributed by atoms with Crippen LogP contribution < -0.4 is 4.72 Å². The molecule has 1 aliphatic rings. The molecule has 3 heterocycles. The fraction of sp³-hybridized carbons (Fsp3) is 0.250. The van der Waals surface area contributed by atoms with Crippen LogP contribution in [0.1, 0.15) is 53.3 Å². The van der Waals surface area contributed by atoms with Gasteiger partial charge in [0.25, 0.3) is 5.91 Å². The molecule has 218 valence electrons. The van der Waals surface area contributed by atoms with Crippen molar-refractivity contribution < 1.29 is 30.8 Å². The smallest absolute Gasteiger partial charge is 0.455 e. The molecule has 3 aromatic heterocycles. The summed E-state index contributed by atoms with van der Waals surface area (Å²) in [6, 6.07) is 11.0. The van der Waals surface area contributed by atoms with Crippen molar-refractivity contribution in [1.82, 2.24) is 19.1 Å². The molecule has 14 heteroatoms. The normalized spacial score (nSPS) is 14.0. The predicted molar refractivity (Wildman–Crippen MR) is 153 cm³/mol. The maximum Gasteiger partial charge on any atom is 0.516 e. The molecule has 0 atom stereocenters. The van der Waals surface area contributed by atoms with Crippen molar-refractivity contribution in [2.45, 2.75) is 44.2 Å². The highest BCUT2D eigenvalue weighted by Gasteiger charge is 2.46. The predicted octanol–water partition coefficient (Wildman–Crippen LogP) is 6.69. The van der Waals surface area contributed by atoms with E-state index < -0.39 is 15.5 Å². The topological polar surface area (TPSA) is 112 Å². The molecule has 0 unspecified atom stereocenters. The minimum Gasteiger partial charge on any atom is -0.455 e. The summed E-state index contributed by atoms with van der Waals surface area (Å²) < 4.78 is 74.6. The number of benzene rings is 2. The number of nitrogens with zero attached hydrogens (tertiary/aromatic N) is 4. The molecule has 1 saturated carbocycles. The lowest BCUT2D eigenvalue weighted by Crippen LogP contribution is -2.30. The van der Waals surface area contributed by atoms with Crippen LogP contribution in [0.25, 0.3) is 22.3 Å². The quantitative estimate of drug-likeness (QED) is 0.185. The molecule has 1 aliphatic carbocycles. The highest BCUT2D eigenvalue weighted by molar-refractivity contribution is 9.10. The van der Waals surface area contributed by atoms with E-state index in [4.69, 9.17) is 9.40 Å². The van der Waals surface area contributed by atoms with Gasteiger partial charge in [-0.2, -0.15) is 21.6 Å². The molecule has 0 amide bonds. The number of halogens is 4. The monoisotopic (exact) mass is 666 g/mol. The van der Waals surface area contributed by atoms with Crippen molar-refractivity contribution in [3.05, 3.63) is 88.4 Å². The first kappa shape index (κ1) is 28.2. The maximum absolute atomic E-state index is 13.6. The second-order valence-electron chi connectivity index (χ2n) is 9.88. The summed E-state index contributed by atoms with van der Waals surface area (Å²) in [7, 11) is -5.67. The number of furan rings is 1. The number of carbonyl (C=O) groups excluding carboxylic acids is 1. The number of rotatable bonds is 8. The molecular formula is C28H23BrF3N5O4S. The van der Waals surface area contributed by atoms with E-state index in [-0.39, 0.29) is 35.4 Å². The number of alkyl halides is 3. The molecule has 1 fully saturated rings. The zero-order valence-electron chi connectivity index (χ0n) is 22.0. The zero-order chi connectivity index (χ0) is 29.8. The minimum absolute atomic E-state index is 0.114. The van der Waals surface area contributed by atoms with Gasteiger partial charge in [-0.25, -0.2) is 9.97 Å². The number of anilines is 1. The first-order valence-corrected chi connectivity index (χ1v) is 15.3. The third-order valence-electron chi connectivity index (χ3n) is 7.09. The number of aromatic nitrogens is 4. The molecule has 6 rings (SSSR count). The maximum atomic E-state index is 13.6. The summed E-state index contributed by atoms with van der Waals surface area (Å²) in [5.74, 6) is 0.849. The minimum atomic E-state index is -5.67. The Balaban J connectivity index is 1.46. The van der Waals surface area contributed by atoms with E-state index in [1.165, 1.54) is 35.3 Å². The highest BCUT2D eigenvalue weighted by atomic mass is 79.9. The van der Waals surface area contributed by atoms with Crippen LogP contribution in [0.3, 0.4) is 0 Å². The molecule has 0 spiro atoms. The number of imidazole rings is 2. The summed E-state index contributed by atoms with van der Waals surface area (Å²) in [4.78, 5) is 22.5. The van der Waals surface area contributed by atoms with Gasteiger partial charge >= 0.3 is 15.5 Å². The summed E-state index contributed by atoms with van der Waals surface area (Å²) >= 11 is 3.56. The summed E-state index contributed by atoms with van der Waals surface area (Å²) in [6.07, 6.45) is 7.06. The van der Waals surface area contributed by atoms with Gasteiger partial charge < -0.3 is 8.98 Å². The summed E-state index contributed by atoms with van der Waals surface area (Å²) in [6.45, 7) is 2.22. The second kappa shape index (κ2) is 10.4. The third-order valence-corrected chi connectivity index (χ3v) is 8.94. The summed E-state index contributed by atoms with van der Waals surface area (Å²) in [5.41, 5.74) is -3.25. The molecule has 42 heavy (non-hydrogen) atoms. The Morgan fingerprint density at radius 1 is 1.17 bits per heavy atom. The molecule has 9 nitrogen and oxygen atoms in total. The Labute approximate surface area is 246 Å². The van der Waals surface area contributed by atoms with Crippen molar-refractivity contribution in [3.63, 3.8) is 0 Å². The van der Waals surface area contributed by atoms with Crippen LogP contribution in [0.5, 0.6) is 0 Å². The standard InChI is InChI=1S/C28H23BrF3N5O4S/c1-2-21-34-24(16-10-11-16)25(27(38)36-13-12-33-15-36)37(21)14-17-6-5-9-20-22(17)23(29)26(41-20)18-7-3-4-8-19(18)35-42(39,40)28(30,31)32/h3-9,12-13,15-16,35H,2,10-11,14H2,1H3/i1+1,2+1,21+1,34+1,37+1. The van der Waals surface area contributed by atoms with Crippen LogP contribution in [-0.4, -0.2) is 38.9 Å². The molecule has 0 saturated heterocycles. The van der Waals surface area contributed by atoms with Crippen LogP contribution in [-0.2, 0) is 23.0 Å². The van der Waals surface area contributed by atoms with Gasteiger partial charge in [-0.3, -0.25) is 14.1 Å². The molecule has 1 N–H and O–H groups in total. The van der Waals surface area contributed by atoms with E-state index in [1.807, 2.05) is 17.6 Å². The van der Waals surface area contributed by atoms with Crippen LogP contribution in [0.15, 0.2) is 70.1 Å². The SMILES string of the molecule is [13CH3][13CH2][13c]1[15n]c(C2CC2)c(C(=O)n2ccnc2)[15n]1Cc1cccc2oc(-c3ccccc3NS(=O)(=O)C(F)(F)F)c(Br)c12. The van der Waals surface area contributed by atoms with Gasteiger partial charge in [0.2, 0.25) is 0 Å². The van der Waals surface area contributed by atoms with Crippen molar-refractivity contribution in [2.24, 2.45) is 0 Å². The van der Waals surface area contributed by atoms with Crippen molar-refractivity contribution in [1.29, 1.82) is 0 Å². The number of hydrogen-bond donors (Lipinski definition) is 1. The molecule has 0 bridgehead atoms. The Bertz CT molecular complexity index is 1930. The largest absolute Gasteiger partial charge is 0.516 e. The van der Waals surface area contributed by atoms with Gasteiger partial charge in [-0.05, 0) is 52.5 Å². The van der Waals surface area contributed by atoms with E-state index in [0.717, 1.165) is 29.9 Å². The number of nitrogens with one attached hydrogen (secondary N) is 1. The Morgan fingerprint density at radius 2 is 1.93 bits per heavy atom. The second-order valence-corrected chi connectivity index (χ2v) is 12.4. The van der Waals surface area contributed by atoms with Gasteiger partial charge in [0, 0.05) is 35.7 Å². The number of aryl methyl sites for hydroxylation is 1. The number of sulfonamides is 1. The number of para-hydroxylation sites is 1. The molecule has 0 aliphatic heterocycles. The fourth-order valence-electron chi connectivity index (χ4n) is 4.95. The molecule has 0 radical (unpaired) electrons. The van der Waals surface area contributed by atoms with Crippen LogP contribution in [0, 0.1) is 0 Å². The van der Waals surface area contributed by atoms with Crippen LogP contribution in [0.4, 0.5) is 18.9 Å². The van der Waals surface area contributed by atoms with E-state index >= 15 is 0 Å². The van der Waals surface area contributed by atoms with Gasteiger partial charge in [0.05, 0.1) is 22.4 Å². The first-order valence-electron chi connectivity index (χ1n) is 13.0. The Hall–Kier alpha value is -3.91. The lowest BCUT2D eigenvalue weighted by Gasteiger charge is -2.13. The van der Waals surface area contributed by atoms with Gasteiger partial charge in [0.15, 0.2) is 5.76 Å². The lowest BCUT2D eigenvalue weighted by molar-refractivity contribution is -0.0429. The van der Waals surface area contributed by atoms with Gasteiger partial charge in [-0.15, -0.1) is 0 Å². The lowest BCUT2D eigenvalue weighted by atomic mass is 10.1. The van der Waals surface area contributed by atoms with E-state index in [1.54, 1.807) is 29.1 Å². The Morgan fingerprint density at radius 3 is 2.60 bits per heavy atom. The van der Waals surface area contributed by atoms with Crippen molar-refractivity contribution in [2.75, 3.05) is 4.72 Å². The van der Waals surface area contributed by atoms with Crippen LogP contribution in [0.2, 0.25) is 0 Å². The van der Waals surface area contributed by atoms with E-state index in [9.17, 15) is 26.4 Å². The number of carbonyl (C=O) groups is 1.